The van der Waals surface area contributed by atoms with E-state index in [1.807, 2.05) is 6.07 Å². The van der Waals surface area contributed by atoms with Crippen molar-refractivity contribution in [3.63, 3.8) is 0 Å². The van der Waals surface area contributed by atoms with Crippen molar-refractivity contribution in [1.82, 2.24) is 10.2 Å². The minimum Gasteiger partial charge on any atom is -0.334 e. The maximum absolute atomic E-state index is 12.0. The molecule has 1 aromatic carbocycles. The number of carbonyl (C=O) groups is 2. The summed E-state index contributed by atoms with van der Waals surface area (Å²) in [5.41, 5.74) is 0.623. The summed E-state index contributed by atoms with van der Waals surface area (Å²) in [5, 5.41) is 5.18. The smallest absolute Gasteiger partial charge is 0.330 e. The van der Waals surface area contributed by atoms with Crippen LogP contribution in [0.5, 0.6) is 0 Å². The molecule has 0 aliphatic carbocycles. The average Bonchev–Trinajstić information content (AvgIpc) is 2.43. The van der Waals surface area contributed by atoms with Crippen LogP contribution < -0.4 is 10.6 Å². The number of hydrogen-bond donors (Lipinski definition) is 2. The first-order valence-corrected chi connectivity index (χ1v) is 5.82. The Bertz CT molecular complexity index is 457. The van der Waals surface area contributed by atoms with Crippen LogP contribution in [0.25, 0.3) is 0 Å². The van der Waals surface area contributed by atoms with Gasteiger partial charge in [-0.3, -0.25) is 0 Å². The molecule has 19 heavy (non-hydrogen) atoms. The third kappa shape index (κ3) is 4.67. The fourth-order valence-electron chi connectivity index (χ4n) is 1.35. The second-order valence-electron chi connectivity index (χ2n) is 3.67. The molecule has 5 nitrogen and oxygen atoms in total. The summed E-state index contributed by atoms with van der Waals surface area (Å²) < 4.78 is 0. The fraction of sp³-hybridized carbons (Fsp3) is 0.143. The zero-order chi connectivity index (χ0) is 14.1. The molecule has 0 aromatic heterocycles. The molecule has 0 spiro atoms. The van der Waals surface area contributed by atoms with Gasteiger partial charge in [0.05, 0.1) is 0 Å². The summed E-state index contributed by atoms with van der Waals surface area (Å²) in [6.07, 6.45) is 3.02. The molecule has 5 heteroatoms. The highest BCUT2D eigenvalue weighted by molar-refractivity contribution is 6.00. The second-order valence-corrected chi connectivity index (χ2v) is 3.67. The van der Waals surface area contributed by atoms with Gasteiger partial charge in [-0.05, 0) is 12.1 Å². The molecular formula is C14H17N3O2. The first kappa shape index (κ1) is 14.5. The van der Waals surface area contributed by atoms with E-state index < -0.39 is 12.1 Å². The van der Waals surface area contributed by atoms with Crippen molar-refractivity contribution >= 4 is 17.7 Å². The number of para-hydroxylation sites is 1. The largest absolute Gasteiger partial charge is 0.334 e. The van der Waals surface area contributed by atoms with E-state index in [-0.39, 0.29) is 6.54 Å². The highest BCUT2D eigenvalue weighted by Crippen LogP contribution is 2.06. The lowest BCUT2D eigenvalue weighted by atomic mass is 10.3. The summed E-state index contributed by atoms with van der Waals surface area (Å²) in [5.74, 6) is 0. The quantitative estimate of drug-likeness (QED) is 0.798. The SMILES string of the molecule is C=CCNC(=O)N(CC=C)C(=O)Nc1ccccc1. The highest BCUT2D eigenvalue weighted by Gasteiger charge is 2.19. The van der Waals surface area contributed by atoms with Crippen molar-refractivity contribution in [1.29, 1.82) is 0 Å². The van der Waals surface area contributed by atoms with Gasteiger partial charge in [-0.25, -0.2) is 14.5 Å². The molecule has 2 N–H and O–H groups in total. The van der Waals surface area contributed by atoms with Crippen molar-refractivity contribution in [2.24, 2.45) is 0 Å². The van der Waals surface area contributed by atoms with Crippen molar-refractivity contribution in [2.75, 3.05) is 18.4 Å². The number of imide groups is 1. The molecule has 0 radical (unpaired) electrons. The molecule has 0 aliphatic heterocycles. The molecule has 0 saturated heterocycles. The lowest BCUT2D eigenvalue weighted by Gasteiger charge is -2.19. The molecule has 0 fully saturated rings. The zero-order valence-electron chi connectivity index (χ0n) is 10.6. The maximum atomic E-state index is 12.0. The van der Waals surface area contributed by atoms with Crippen LogP contribution in [-0.4, -0.2) is 30.1 Å². The molecule has 0 unspecified atom stereocenters. The minimum absolute atomic E-state index is 0.127. The Kier molecular flexibility index (Phi) is 5.88. The van der Waals surface area contributed by atoms with Crippen molar-refractivity contribution in [2.45, 2.75) is 0 Å². The van der Waals surface area contributed by atoms with Crippen LogP contribution in [0.2, 0.25) is 0 Å². The van der Waals surface area contributed by atoms with E-state index in [4.69, 9.17) is 0 Å². The van der Waals surface area contributed by atoms with Crippen LogP contribution in [0.4, 0.5) is 15.3 Å². The number of nitrogens with one attached hydrogen (secondary N) is 2. The van der Waals surface area contributed by atoms with E-state index in [0.29, 0.717) is 12.2 Å². The van der Waals surface area contributed by atoms with E-state index >= 15 is 0 Å². The van der Waals surface area contributed by atoms with E-state index in [2.05, 4.69) is 23.8 Å². The molecule has 0 atom stereocenters. The van der Waals surface area contributed by atoms with Crippen LogP contribution in [-0.2, 0) is 0 Å². The van der Waals surface area contributed by atoms with E-state index in [0.717, 1.165) is 4.90 Å². The molecule has 0 bridgehead atoms. The van der Waals surface area contributed by atoms with E-state index in [1.54, 1.807) is 30.3 Å². The number of amides is 4. The molecule has 0 heterocycles. The van der Waals surface area contributed by atoms with Crippen molar-refractivity contribution in [3.8, 4) is 0 Å². The van der Waals surface area contributed by atoms with Gasteiger partial charge in [-0.1, -0.05) is 30.4 Å². The number of anilines is 1. The van der Waals surface area contributed by atoms with Gasteiger partial charge in [0.2, 0.25) is 0 Å². The molecule has 4 amide bonds. The molecule has 1 rings (SSSR count). The Labute approximate surface area is 112 Å². The maximum Gasteiger partial charge on any atom is 0.330 e. The summed E-state index contributed by atoms with van der Waals surface area (Å²) in [6, 6.07) is 7.92. The molecule has 0 saturated carbocycles. The van der Waals surface area contributed by atoms with Gasteiger partial charge < -0.3 is 10.6 Å². The normalized spacial score (nSPS) is 9.26. The van der Waals surface area contributed by atoms with Crippen LogP contribution in [0.15, 0.2) is 55.6 Å². The van der Waals surface area contributed by atoms with Gasteiger partial charge in [-0.2, -0.15) is 0 Å². The number of urea groups is 2. The monoisotopic (exact) mass is 259 g/mol. The van der Waals surface area contributed by atoms with Crippen LogP contribution >= 0.6 is 0 Å². The van der Waals surface area contributed by atoms with Crippen molar-refractivity contribution in [3.05, 3.63) is 55.6 Å². The first-order valence-electron chi connectivity index (χ1n) is 5.82. The molecular weight excluding hydrogens is 242 g/mol. The molecule has 100 valence electrons. The zero-order valence-corrected chi connectivity index (χ0v) is 10.6. The summed E-state index contributed by atoms with van der Waals surface area (Å²) in [4.78, 5) is 24.8. The predicted octanol–water partition coefficient (Wildman–Crippen LogP) is 2.60. The first-order chi connectivity index (χ1) is 9.19. The van der Waals surface area contributed by atoms with Crippen LogP contribution in [0.1, 0.15) is 0 Å². The summed E-state index contributed by atoms with van der Waals surface area (Å²) in [6.45, 7) is 7.45. The van der Waals surface area contributed by atoms with Gasteiger partial charge in [0.15, 0.2) is 0 Å². The van der Waals surface area contributed by atoms with E-state index in [9.17, 15) is 9.59 Å². The Balaban J connectivity index is 2.69. The summed E-state index contributed by atoms with van der Waals surface area (Å²) >= 11 is 0. The number of rotatable bonds is 5. The van der Waals surface area contributed by atoms with Crippen LogP contribution in [0, 0.1) is 0 Å². The standard InChI is InChI=1S/C14H17N3O2/c1-3-10-15-13(18)17(11-4-2)14(19)16-12-8-6-5-7-9-12/h3-9H,1-2,10-11H2,(H,15,18)(H,16,19). The lowest BCUT2D eigenvalue weighted by Crippen LogP contribution is -2.45. The topological polar surface area (TPSA) is 61.4 Å². The third-order valence-corrected chi connectivity index (χ3v) is 2.22. The Morgan fingerprint density at radius 3 is 2.37 bits per heavy atom. The third-order valence-electron chi connectivity index (χ3n) is 2.22. The Morgan fingerprint density at radius 2 is 1.79 bits per heavy atom. The molecule has 0 aliphatic rings. The number of hydrogen-bond acceptors (Lipinski definition) is 2. The van der Waals surface area contributed by atoms with Crippen LogP contribution in [0.3, 0.4) is 0 Å². The fourth-order valence-corrected chi connectivity index (χ4v) is 1.35. The van der Waals surface area contributed by atoms with Gasteiger partial charge in [-0.15, -0.1) is 13.2 Å². The predicted molar refractivity (Wildman–Crippen MR) is 76.0 cm³/mol. The second kappa shape index (κ2) is 7.71. The molecule has 1 aromatic rings. The van der Waals surface area contributed by atoms with Gasteiger partial charge in [0, 0.05) is 18.8 Å². The van der Waals surface area contributed by atoms with Gasteiger partial charge in [0.25, 0.3) is 0 Å². The average molecular weight is 259 g/mol. The number of carbonyl (C=O) groups excluding carboxylic acids is 2. The Hall–Kier alpha value is -2.56. The minimum atomic E-state index is -0.507. The lowest BCUT2D eigenvalue weighted by molar-refractivity contribution is 0.198. The van der Waals surface area contributed by atoms with Crippen molar-refractivity contribution < 1.29 is 9.59 Å². The summed E-state index contributed by atoms with van der Waals surface area (Å²) in [7, 11) is 0. The van der Waals surface area contributed by atoms with Gasteiger partial charge >= 0.3 is 12.1 Å². The number of benzene rings is 1. The van der Waals surface area contributed by atoms with E-state index in [1.165, 1.54) is 6.08 Å². The van der Waals surface area contributed by atoms with Gasteiger partial charge in [0.1, 0.15) is 0 Å². The highest BCUT2D eigenvalue weighted by atomic mass is 16.2. The number of nitrogens with zero attached hydrogens (tertiary/aromatic N) is 1. The Morgan fingerprint density at radius 1 is 1.11 bits per heavy atom.